The molecule has 0 radical (unpaired) electrons. The maximum absolute atomic E-state index is 4.38. The minimum Gasteiger partial charge on any atom is -0.316 e. The SMILES string of the molecule is CC(C)CNCCc1ccc2cccnc2c1. The fraction of sp³-hybridized carbons (Fsp3) is 0.400. The van der Waals surface area contributed by atoms with Gasteiger partial charge >= 0.3 is 0 Å². The Morgan fingerprint density at radius 3 is 2.94 bits per heavy atom. The van der Waals surface area contributed by atoms with Crippen LogP contribution in [-0.2, 0) is 6.42 Å². The molecule has 2 aromatic rings. The van der Waals surface area contributed by atoms with Crippen molar-refractivity contribution in [1.82, 2.24) is 10.3 Å². The van der Waals surface area contributed by atoms with E-state index < -0.39 is 0 Å². The fourth-order valence-corrected chi connectivity index (χ4v) is 1.89. The van der Waals surface area contributed by atoms with Gasteiger partial charge in [0.25, 0.3) is 0 Å². The quantitative estimate of drug-likeness (QED) is 0.796. The molecule has 1 N–H and O–H groups in total. The molecule has 2 heteroatoms. The van der Waals surface area contributed by atoms with Crippen LogP contribution in [0.25, 0.3) is 10.9 Å². The first-order valence-corrected chi connectivity index (χ1v) is 6.30. The second-order valence-corrected chi connectivity index (χ2v) is 4.88. The van der Waals surface area contributed by atoms with Gasteiger partial charge in [-0.2, -0.15) is 0 Å². The lowest BCUT2D eigenvalue weighted by Gasteiger charge is -2.07. The minimum atomic E-state index is 0.716. The highest BCUT2D eigenvalue weighted by atomic mass is 14.8. The maximum Gasteiger partial charge on any atom is 0.0704 e. The molecule has 1 aromatic carbocycles. The zero-order valence-electron chi connectivity index (χ0n) is 10.6. The normalized spacial score (nSPS) is 11.2. The summed E-state index contributed by atoms with van der Waals surface area (Å²) in [6.45, 7) is 6.59. The number of fused-ring (bicyclic) bond motifs is 1. The van der Waals surface area contributed by atoms with Crippen LogP contribution in [0.1, 0.15) is 19.4 Å². The van der Waals surface area contributed by atoms with Crippen LogP contribution >= 0.6 is 0 Å². The van der Waals surface area contributed by atoms with Crippen LogP contribution in [0.5, 0.6) is 0 Å². The Kier molecular flexibility index (Phi) is 4.10. The van der Waals surface area contributed by atoms with Crippen molar-refractivity contribution < 1.29 is 0 Å². The Bertz CT molecular complexity index is 477. The molecule has 90 valence electrons. The first-order chi connectivity index (χ1) is 8.25. The summed E-state index contributed by atoms with van der Waals surface area (Å²) in [5.74, 6) is 0.716. The van der Waals surface area contributed by atoms with E-state index in [1.807, 2.05) is 12.3 Å². The Morgan fingerprint density at radius 1 is 1.24 bits per heavy atom. The van der Waals surface area contributed by atoms with Crippen LogP contribution in [-0.4, -0.2) is 18.1 Å². The smallest absolute Gasteiger partial charge is 0.0704 e. The standard InChI is InChI=1S/C15H20N2/c1-12(2)11-16-9-7-13-5-6-14-4-3-8-17-15(14)10-13/h3-6,8,10,12,16H,7,9,11H2,1-2H3. The predicted octanol–water partition coefficient (Wildman–Crippen LogP) is 3.02. The molecule has 1 heterocycles. The van der Waals surface area contributed by atoms with Gasteiger partial charge in [-0.25, -0.2) is 0 Å². The number of rotatable bonds is 5. The van der Waals surface area contributed by atoms with Crippen LogP contribution in [0.15, 0.2) is 36.5 Å². The van der Waals surface area contributed by atoms with Crippen molar-refractivity contribution in [3.8, 4) is 0 Å². The second kappa shape index (κ2) is 5.78. The molecular formula is C15H20N2. The molecule has 0 bridgehead atoms. The average Bonchev–Trinajstić information content (AvgIpc) is 2.34. The number of aromatic nitrogens is 1. The van der Waals surface area contributed by atoms with Crippen molar-refractivity contribution >= 4 is 10.9 Å². The number of hydrogen-bond acceptors (Lipinski definition) is 2. The summed E-state index contributed by atoms with van der Waals surface area (Å²) in [6.07, 6.45) is 2.92. The molecule has 0 unspecified atom stereocenters. The van der Waals surface area contributed by atoms with E-state index in [0.717, 1.165) is 25.0 Å². The lowest BCUT2D eigenvalue weighted by Crippen LogP contribution is -2.22. The highest BCUT2D eigenvalue weighted by Crippen LogP contribution is 2.13. The number of nitrogens with one attached hydrogen (secondary N) is 1. The molecule has 17 heavy (non-hydrogen) atoms. The van der Waals surface area contributed by atoms with E-state index in [9.17, 15) is 0 Å². The number of nitrogens with zero attached hydrogens (tertiary/aromatic N) is 1. The Hall–Kier alpha value is -1.41. The van der Waals surface area contributed by atoms with E-state index in [4.69, 9.17) is 0 Å². The first-order valence-electron chi connectivity index (χ1n) is 6.30. The molecule has 0 fully saturated rings. The molecule has 0 aliphatic carbocycles. The van der Waals surface area contributed by atoms with Crippen LogP contribution in [0.2, 0.25) is 0 Å². The van der Waals surface area contributed by atoms with Gasteiger partial charge in [0, 0.05) is 11.6 Å². The lowest BCUT2D eigenvalue weighted by atomic mass is 10.1. The highest BCUT2D eigenvalue weighted by Gasteiger charge is 1.98. The molecular weight excluding hydrogens is 208 g/mol. The van der Waals surface area contributed by atoms with E-state index in [1.54, 1.807) is 0 Å². The molecule has 0 spiro atoms. The topological polar surface area (TPSA) is 24.9 Å². The summed E-state index contributed by atoms with van der Waals surface area (Å²) in [5.41, 5.74) is 2.45. The van der Waals surface area contributed by atoms with Crippen molar-refractivity contribution in [3.63, 3.8) is 0 Å². The number of hydrogen-bond donors (Lipinski definition) is 1. The van der Waals surface area contributed by atoms with E-state index in [2.05, 4.69) is 48.4 Å². The van der Waals surface area contributed by atoms with Gasteiger partial charge in [0.2, 0.25) is 0 Å². The van der Waals surface area contributed by atoms with E-state index >= 15 is 0 Å². The maximum atomic E-state index is 4.38. The lowest BCUT2D eigenvalue weighted by molar-refractivity contribution is 0.554. The van der Waals surface area contributed by atoms with Gasteiger partial charge in [-0.05, 0) is 43.1 Å². The van der Waals surface area contributed by atoms with Gasteiger partial charge in [-0.3, -0.25) is 4.98 Å². The fourth-order valence-electron chi connectivity index (χ4n) is 1.89. The first kappa shape index (κ1) is 12.1. The van der Waals surface area contributed by atoms with E-state index in [-0.39, 0.29) is 0 Å². The van der Waals surface area contributed by atoms with E-state index in [0.29, 0.717) is 5.92 Å². The third-order valence-corrected chi connectivity index (χ3v) is 2.81. The van der Waals surface area contributed by atoms with Crippen molar-refractivity contribution in [2.24, 2.45) is 5.92 Å². The molecule has 1 aromatic heterocycles. The summed E-state index contributed by atoms with van der Waals surface area (Å²) in [6, 6.07) is 10.6. The van der Waals surface area contributed by atoms with Crippen LogP contribution in [0.4, 0.5) is 0 Å². The van der Waals surface area contributed by atoms with Crippen LogP contribution in [0.3, 0.4) is 0 Å². The third-order valence-electron chi connectivity index (χ3n) is 2.81. The molecule has 0 amide bonds. The summed E-state index contributed by atoms with van der Waals surface area (Å²) < 4.78 is 0. The van der Waals surface area contributed by atoms with Gasteiger partial charge in [-0.1, -0.05) is 32.0 Å². The van der Waals surface area contributed by atoms with E-state index in [1.165, 1.54) is 10.9 Å². The van der Waals surface area contributed by atoms with Crippen molar-refractivity contribution in [2.75, 3.05) is 13.1 Å². The molecule has 0 aliphatic heterocycles. The molecule has 0 saturated heterocycles. The van der Waals surface area contributed by atoms with Crippen LogP contribution in [0, 0.1) is 5.92 Å². The van der Waals surface area contributed by atoms with Gasteiger partial charge in [0.1, 0.15) is 0 Å². The minimum absolute atomic E-state index is 0.716. The zero-order chi connectivity index (χ0) is 12.1. The molecule has 0 aliphatic rings. The highest BCUT2D eigenvalue weighted by molar-refractivity contribution is 5.78. The molecule has 0 saturated carbocycles. The van der Waals surface area contributed by atoms with Gasteiger partial charge in [0.05, 0.1) is 5.52 Å². The summed E-state index contributed by atoms with van der Waals surface area (Å²) in [7, 11) is 0. The molecule has 2 rings (SSSR count). The Balaban J connectivity index is 1.95. The van der Waals surface area contributed by atoms with Crippen molar-refractivity contribution in [3.05, 3.63) is 42.1 Å². The molecule has 2 nitrogen and oxygen atoms in total. The van der Waals surface area contributed by atoms with Crippen molar-refractivity contribution in [1.29, 1.82) is 0 Å². The Morgan fingerprint density at radius 2 is 2.12 bits per heavy atom. The Labute approximate surface area is 103 Å². The molecule has 0 atom stereocenters. The van der Waals surface area contributed by atoms with Gasteiger partial charge in [-0.15, -0.1) is 0 Å². The largest absolute Gasteiger partial charge is 0.316 e. The second-order valence-electron chi connectivity index (χ2n) is 4.88. The number of pyridine rings is 1. The zero-order valence-corrected chi connectivity index (χ0v) is 10.6. The van der Waals surface area contributed by atoms with Crippen molar-refractivity contribution in [2.45, 2.75) is 20.3 Å². The monoisotopic (exact) mass is 228 g/mol. The summed E-state index contributed by atoms with van der Waals surface area (Å²) >= 11 is 0. The summed E-state index contributed by atoms with van der Waals surface area (Å²) in [4.78, 5) is 4.38. The predicted molar refractivity (Wildman–Crippen MR) is 73.2 cm³/mol. The van der Waals surface area contributed by atoms with Gasteiger partial charge < -0.3 is 5.32 Å². The van der Waals surface area contributed by atoms with Gasteiger partial charge in [0.15, 0.2) is 0 Å². The third kappa shape index (κ3) is 3.53. The number of benzene rings is 1. The van der Waals surface area contributed by atoms with Crippen LogP contribution < -0.4 is 5.32 Å². The summed E-state index contributed by atoms with van der Waals surface area (Å²) in [5, 5.41) is 4.68. The average molecular weight is 228 g/mol.